The van der Waals surface area contributed by atoms with Crippen LogP contribution in [0.25, 0.3) is 0 Å². The van der Waals surface area contributed by atoms with E-state index in [9.17, 15) is 4.79 Å². The third-order valence-electron chi connectivity index (χ3n) is 4.55. The number of carbonyl (C=O) groups is 1. The van der Waals surface area contributed by atoms with Gasteiger partial charge < -0.3 is 20.7 Å². The highest BCUT2D eigenvalue weighted by Crippen LogP contribution is 2.30. The highest BCUT2D eigenvalue weighted by Gasteiger charge is 2.27. The maximum Gasteiger partial charge on any atom is 0.227 e. The fourth-order valence-corrected chi connectivity index (χ4v) is 2.56. The molecule has 150 valence electrons. The molecular weight excluding hydrogens is 340 g/mol. The molecule has 27 heavy (non-hydrogen) atoms. The van der Waals surface area contributed by atoms with Gasteiger partial charge in [0.2, 0.25) is 5.91 Å². The van der Waals surface area contributed by atoms with Crippen LogP contribution in [0.2, 0.25) is 0 Å². The minimum atomic E-state index is -0.516. The Balaban J connectivity index is 1.97. The van der Waals surface area contributed by atoms with Crippen molar-refractivity contribution in [3.05, 3.63) is 29.8 Å². The maximum atomic E-state index is 12.2. The summed E-state index contributed by atoms with van der Waals surface area (Å²) in [4.78, 5) is 16.8. The highest BCUT2D eigenvalue weighted by molar-refractivity contribution is 5.84. The van der Waals surface area contributed by atoms with Gasteiger partial charge in [0.15, 0.2) is 5.96 Å². The van der Waals surface area contributed by atoms with Crippen LogP contribution in [0.3, 0.4) is 0 Å². The molecule has 3 N–H and O–H groups in total. The molecule has 0 spiro atoms. The van der Waals surface area contributed by atoms with E-state index in [-0.39, 0.29) is 5.91 Å². The second-order valence-corrected chi connectivity index (χ2v) is 7.65. The van der Waals surface area contributed by atoms with Crippen molar-refractivity contribution in [2.75, 3.05) is 26.2 Å². The Kier molecular flexibility index (Phi) is 7.95. The Morgan fingerprint density at radius 3 is 2.52 bits per heavy atom. The van der Waals surface area contributed by atoms with Gasteiger partial charge in [-0.25, -0.2) is 4.99 Å². The lowest BCUT2D eigenvalue weighted by Gasteiger charge is -2.24. The number of rotatable bonds is 10. The maximum absolute atomic E-state index is 12.2. The molecule has 6 heteroatoms. The van der Waals surface area contributed by atoms with Crippen molar-refractivity contribution in [1.82, 2.24) is 16.0 Å². The van der Waals surface area contributed by atoms with Gasteiger partial charge in [0.25, 0.3) is 0 Å². The molecule has 0 aliphatic heterocycles. The van der Waals surface area contributed by atoms with Gasteiger partial charge >= 0.3 is 0 Å². The lowest BCUT2D eigenvalue weighted by molar-refractivity contribution is -0.128. The molecule has 0 heterocycles. The first-order chi connectivity index (χ1) is 13.0. The van der Waals surface area contributed by atoms with Crippen LogP contribution in [0, 0.1) is 11.3 Å². The van der Waals surface area contributed by atoms with Gasteiger partial charge in [0.1, 0.15) is 5.75 Å². The number of amides is 1. The molecule has 0 atom stereocenters. The number of guanidine groups is 1. The lowest BCUT2D eigenvalue weighted by atomic mass is 9.92. The predicted octanol–water partition coefficient (Wildman–Crippen LogP) is 2.69. The van der Waals surface area contributed by atoms with Crippen molar-refractivity contribution < 1.29 is 9.53 Å². The summed E-state index contributed by atoms with van der Waals surface area (Å²) in [5.41, 5.74) is 0.552. The summed E-state index contributed by atoms with van der Waals surface area (Å²) in [6, 6.07) is 8.06. The van der Waals surface area contributed by atoms with E-state index in [0.29, 0.717) is 25.6 Å². The first-order valence-electron chi connectivity index (χ1n) is 9.97. The Bertz CT molecular complexity index is 639. The van der Waals surface area contributed by atoms with Crippen LogP contribution in [-0.4, -0.2) is 38.1 Å². The van der Waals surface area contributed by atoms with Crippen molar-refractivity contribution in [2.45, 2.75) is 47.1 Å². The van der Waals surface area contributed by atoms with Gasteiger partial charge in [-0.3, -0.25) is 4.79 Å². The number of benzene rings is 1. The van der Waals surface area contributed by atoms with E-state index in [1.807, 2.05) is 52.0 Å². The average molecular weight is 375 g/mol. The number of ether oxygens (including phenoxy) is 1. The molecule has 1 aromatic carbocycles. The molecule has 0 unspecified atom stereocenters. The van der Waals surface area contributed by atoms with Gasteiger partial charge in [-0.1, -0.05) is 18.2 Å². The minimum Gasteiger partial charge on any atom is -0.493 e. The van der Waals surface area contributed by atoms with Gasteiger partial charge in [-0.2, -0.15) is 0 Å². The van der Waals surface area contributed by atoms with Gasteiger partial charge in [-0.15, -0.1) is 0 Å². The molecule has 1 saturated carbocycles. The van der Waals surface area contributed by atoms with E-state index in [0.717, 1.165) is 30.4 Å². The third kappa shape index (κ3) is 7.12. The second kappa shape index (κ2) is 10.2. The minimum absolute atomic E-state index is 0.0344. The monoisotopic (exact) mass is 374 g/mol. The largest absolute Gasteiger partial charge is 0.493 e. The average Bonchev–Trinajstić information content (AvgIpc) is 3.47. The molecule has 1 fully saturated rings. The molecule has 0 aromatic heterocycles. The van der Waals surface area contributed by atoms with Crippen LogP contribution in [0.5, 0.6) is 5.75 Å². The normalized spacial score (nSPS) is 14.6. The van der Waals surface area contributed by atoms with E-state index in [1.165, 1.54) is 12.8 Å². The number of carbonyl (C=O) groups excluding carboxylic acids is 1. The third-order valence-corrected chi connectivity index (χ3v) is 4.55. The van der Waals surface area contributed by atoms with Crippen LogP contribution in [0.1, 0.15) is 46.1 Å². The van der Waals surface area contributed by atoms with E-state index in [2.05, 4.69) is 20.9 Å². The zero-order valence-corrected chi connectivity index (χ0v) is 17.1. The van der Waals surface area contributed by atoms with Crippen LogP contribution >= 0.6 is 0 Å². The SMILES string of the molecule is CCNC(=O)C(C)(C)CNC(=NCc1ccccc1OCC1CC1)NCC. The fraction of sp³-hybridized carbons (Fsp3) is 0.619. The Morgan fingerprint density at radius 1 is 1.15 bits per heavy atom. The van der Waals surface area contributed by atoms with Gasteiger partial charge in [0.05, 0.1) is 18.6 Å². The van der Waals surface area contributed by atoms with Crippen molar-refractivity contribution in [3.63, 3.8) is 0 Å². The zero-order chi connectivity index (χ0) is 19.7. The number of aliphatic imine (C=N–C) groups is 1. The summed E-state index contributed by atoms with van der Waals surface area (Å²) in [7, 11) is 0. The van der Waals surface area contributed by atoms with Gasteiger partial charge in [0, 0.05) is 25.2 Å². The molecule has 1 aliphatic rings. The molecule has 2 rings (SSSR count). The van der Waals surface area contributed by atoms with Crippen LogP contribution < -0.4 is 20.7 Å². The van der Waals surface area contributed by atoms with Crippen molar-refractivity contribution in [1.29, 1.82) is 0 Å². The fourth-order valence-electron chi connectivity index (χ4n) is 2.56. The Hall–Kier alpha value is -2.24. The van der Waals surface area contributed by atoms with Crippen LogP contribution in [-0.2, 0) is 11.3 Å². The number of nitrogens with zero attached hydrogens (tertiary/aromatic N) is 1. The van der Waals surface area contributed by atoms with Crippen LogP contribution in [0.4, 0.5) is 0 Å². The summed E-state index contributed by atoms with van der Waals surface area (Å²) >= 11 is 0. The number of nitrogens with one attached hydrogen (secondary N) is 3. The summed E-state index contributed by atoms with van der Waals surface area (Å²) in [5, 5.41) is 9.41. The summed E-state index contributed by atoms with van der Waals surface area (Å²) in [6.07, 6.45) is 2.55. The first kappa shape index (κ1) is 21.1. The smallest absolute Gasteiger partial charge is 0.227 e. The van der Waals surface area contributed by atoms with E-state index < -0.39 is 5.41 Å². The highest BCUT2D eigenvalue weighted by atomic mass is 16.5. The van der Waals surface area contributed by atoms with Crippen molar-refractivity contribution in [3.8, 4) is 5.75 Å². The standard InChI is InChI=1S/C21H34N4O2/c1-5-22-19(26)21(3,4)15-25-20(23-6-2)24-13-17-9-7-8-10-18(17)27-14-16-11-12-16/h7-10,16H,5-6,11-15H2,1-4H3,(H,22,26)(H2,23,24,25). The molecule has 1 aromatic rings. The Morgan fingerprint density at radius 2 is 1.85 bits per heavy atom. The van der Waals surface area contributed by atoms with E-state index in [4.69, 9.17) is 4.74 Å². The van der Waals surface area contributed by atoms with Gasteiger partial charge in [-0.05, 0) is 52.5 Å². The number of hydrogen-bond acceptors (Lipinski definition) is 3. The van der Waals surface area contributed by atoms with Crippen molar-refractivity contribution >= 4 is 11.9 Å². The van der Waals surface area contributed by atoms with E-state index in [1.54, 1.807) is 0 Å². The Labute approximate surface area is 163 Å². The molecule has 0 bridgehead atoms. The quantitative estimate of drug-likeness (QED) is 0.435. The molecule has 1 aliphatic carbocycles. The zero-order valence-electron chi connectivity index (χ0n) is 17.1. The second-order valence-electron chi connectivity index (χ2n) is 7.65. The predicted molar refractivity (Wildman–Crippen MR) is 110 cm³/mol. The first-order valence-corrected chi connectivity index (χ1v) is 9.97. The molecule has 1 amide bonds. The van der Waals surface area contributed by atoms with Crippen molar-refractivity contribution in [2.24, 2.45) is 16.3 Å². The topological polar surface area (TPSA) is 74.8 Å². The van der Waals surface area contributed by atoms with Crippen LogP contribution in [0.15, 0.2) is 29.3 Å². The number of para-hydroxylation sites is 1. The number of hydrogen-bond donors (Lipinski definition) is 3. The summed E-state index contributed by atoms with van der Waals surface area (Å²) in [6.45, 7) is 11.0. The molecule has 0 radical (unpaired) electrons. The summed E-state index contributed by atoms with van der Waals surface area (Å²) in [5.74, 6) is 2.36. The molecule has 0 saturated heterocycles. The summed E-state index contributed by atoms with van der Waals surface area (Å²) < 4.78 is 5.96. The molecular formula is C21H34N4O2. The van der Waals surface area contributed by atoms with E-state index >= 15 is 0 Å². The lowest BCUT2D eigenvalue weighted by Crippen LogP contribution is -2.47. The molecule has 6 nitrogen and oxygen atoms in total.